The van der Waals surface area contributed by atoms with E-state index in [0.717, 1.165) is 22.8 Å². The largest absolute Gasteiger partial charge is 0.373 e. The maximum Gasteiger partial charge on any atom is 0.0991 e. The molecule has 1 aromatic carbocycles. The fourth-order valence-electron chi connectivity index (χ4n) is 2.38. The van der Waals surface area contributed by atoms with Crippen molar-refractivity contribution in [2.75, 3.05) is 11.9 Å². The first-order chi connectivity index (χ1) is 11.3. The molecule has 0 spiro atoms. The number of nitrogens with zero attached hydrogens (tertiary/aromatic N) is 3. The standard InChI is InChI=1S/C18H20N4O/c1-3-23-14(2)18-8-7-16(12-20-18)21-15-5-4-6-17(11-15)22-10-9-19-13-22/h4-14,21H,3H2,1-2H3. The molecule has 0 fully saturated rings. The van der Waals surface area contributed by atoms with Gasteiger partial charge in [0, 0.05) is 30.4 Å². The number of ether oxygens (including phenoxy) is 1. The second-order valence-electron chi connectivity index (χ2n) is 5.21. The lowest BCUT2D eigenvalue weighted by molar-refractivity contribution is 0.0734. The quantitative estimate of drug-likeness (QED) is 0.744. The zero-order valence-electron chi connectivity index (χ0n) is 13.3. The van der Waals surface area contributed by atoms with Crippen molar-refractivity contribution in [1.29, 1.82) is 0 Å². The zero-order valence-corrected chi connectivity index (χ0v) is 13.3. The molecule has 0 aliphatic rings. The molecule has 1 atom stereocenters. The minimum absolute atomic E-state index is 0.0126. The molecule has 3 aromatic rings. The molecular formula is C18H20N4O. The van der Waals surface area contributed by atoms with Gasteiger partial charge in [-0.15, -0.1) is 0 Å². The van der Waals surface area contributed by atoms with Gasteiger partial charge in [-0.2, -0.15) is 0 Å². The Morgan fingerprint density at radius 3 is 2.83 bits per heavy atom. The number of hydrogen-bond acceptors (Lipinski definition) is 4. The summed E-state index contributed by atoms with van der Waals surface area (Å²) in [6.07, 6.45) is 7.31. The van der Waals surface area contributed by atoms with Crippen LogP contribution in [0.3, 0.4) is 0 Å². The summed E-state index contributed by atoms with van der Waals surface area (Å²) in [6, 6.07) is 12.1. The molecule has 2 heterocycles. The summed E-state index contributed by atoms with van der Waals surface area (Å²) in [7, 11) is 0. The lowest BCUT2D eigenvalue weighted by atomic mass is 10.2. The third-order valence-electron chi connectivity index (χ3n) is 3.56. The van der Waals surface area contributed by atoms with Gasteiger partial charge in [0.25, 0.3) is 0 Å². The van der Waals surface area contributed by atoms with Gasteiger partial charge in [0.1, 0.15) is 0 Å². The molecule has 5 heteroatoms. The van der Waals surface area contributed by atoms with E-state index in [4.69, 9.17) is 4.74 Å². The summed E-state index contributed by atoms with van der Waals surface area (Å²) in [5.74, 6) is 0. The molecular weight excluding hydrogens is 288 g/mol. The maximum atomic E-state index is 5.55. The van der Waals surface area contributed by atoms with Crippen molar-refractivity contribution in [3.63, 3.8) is 0 Å². The van der Waals surface area contributed by atoms with Crippen LogP contribution in [0.1, 0.15) is 25.6 Å². The lowest BCUT2D eigenvalue weighted by Gasteiger charge is -2.12. The van der Waals surface area contributed by atoms with Crippen LogP contribution in [-0.4, -0.2) is 21.1 Å². The fraction of sp³-hybridized carbons (Fsp3) is 0.222. The summed E-state index contributed by atoms with van der Waals surface area (Å²) in [4.78, 5) is 8.54. The van der Waals surface area contributed by atoms with E-state index in [2.05, 4.69) is 21.4 Å². The molecule has 1 unspecified atom stereocenters. The van der Waals surface area contributed by atoms with Gasteiger partial charge in [-0.3, -0.25) is 4.98 Å². The number of hydrogen-bond donors (Lipinski definition) is 1. The minimum atomic E-state index is 0.0126. The second-order valence-corrected chi connectivity index (χ2v) is 5.21. The van der Waals surface area contributed by atoms with E-state index < -0.39 is 0 Å². The Balaban J connectivity index is 1.73. The highest BCUT2D eigenvalue weighted by Gasteiger charge is 2.06. The summed E-state index contributed by atoms with van der Waals surface area (Å²) in [6.45, 7) is 4.68. The van der Waals surface area contributed by atoms with Crippen molar-refractivity contribution >= 4 is 11.4 Å². The number of pyridine rings is 1. The Hall–Kier alpha value is -2.66. The van der Waals surface area contributed by atoms with E-state index in [1.807, 2.05) is 61.1 Å². The van der Waals surface area contributed by atoms with E-state index >= 15 is 0 Å². The summed E-state index contributed by atoms with van der Waals surface area (Å²) >= 11 is 0. The molecule has 3 rings (SSSR count). The first-order valence-electron chi connectivity index (χ1n) is 7.69. The van der Waals surface area contributed by atoms with E-state index in [-0.39, 0.29) is 6.10 Å². The molecule has 1 N–H and O–H groups in total. The van der Waals surface area contributed by atoms with Gasteiger partial charge in [0.15, 0.2) is 0 Å². The molecule has 0 radical (unpaired) electrons. The smallest absolute Gasteiger partial charge is 0.0991 e. The van der Waals surface area contributed by atoms with Crippen molar-refractivity contribution in [3.8, 4) is 5.69 Å². The molecule has 23 heavy (non-hydrogen) atoms. The Kier molecular flexibility index (Phi) is 4.68. The topological polar surface area (TPSA) is 52.0 Å². The van der Waals surface area contributed by atoms with E-state index in [1.165, 1.54) is 0 Å². The van der Waals surface area contributed by atoms with Gasteiger partial charge in [0.05, 0.1) is 30.0 Å². The Bertz CT molecular complexity index is 738. The van der Waals surface area contributed by atoms with Crippen LogP contribution in [0.15, 0.2) is 61.3 Å². The molecule has 0 saturated carbocycles. The highest BCUT2D eigenvalue weighted by molar-refractivity contribution is 5.61. The molecule has 0 aliphatic heterocycles. The number of aromatic nitrogens is 3. The van der Waals surface area contributed by atoms with Gasteiger partial charge in [-0.25, -0.2) is 4.98 Å². The number of imidazole rings is 1. The van der Waals surface area contributed by atoms with Crippen molar-refractivity contribution in [1.82, 2.24) is 14.5 Å². The van der Waals surface area contributed by atoms with Gasteiger partial charge in [-0.1, -0.05) is 6.07 Å². The third kappa shape index (κ3) is 3.76. The molecule has 2 aromatic heterocycles. The number of benzene rings is 1. The second kappa shape index (κ2) is 7.07. The summed E-state index contributed by atoms with van der Waals surface area (Å²) < 4.78 is 7.52. The number of rotatable bonds is 6. The molecule has 118 valence electrons. The maximum absolute atomic E-state index is 5.55. The van der Waals surface area contributed by atoms with Crippen LogP contribution in [-0.2, 0) is 4.74 Å². The zero-order chi connectivity index (χ0) is 16.1. The van der Waals surface area contributed by atoms with Crippen molar-refractivity contribution < 1.29 is 4.74 Å². The first kappa shape index (κ1) is 15.2. The molecule has 0 amide bonds. The van der Waals surface area contributed by atoms with E-state index in [1.54, 1.807) is 12.5 Å². The fourth-order valence-corrected chi connectivity index (χ4v) is 2.38. The third-order valence-corrected chi connectivity index (χ3v) is 3.56. The minimum Gasteiger partial charge on any atom is -0.373 e. The highest BCUT2D eigenvalue weighted by atomic mass is 16.5. The molecule has 0 bridgehead atoms. The predicted molar refractivity (Wildman–Crippen MR) is 91.1 cm³/mol. The Labute approximate surface area is 136 Å². The normalized spacial score (nSPS) is 12.1. The average Bonchev–Trinajstić information content (AvgIpc) is 3.11. The van der Waals surface area contributed by atoms with Gasteiger partial charge >= 0.3 is 0 Å². The number of anilines is 2. The van der Waals surface area contributed by atoms with Crippen molar-refractivity contribution in [2.24, 2.45) is 0 Å². The van der Waals surface area contributed by atoms with Crippen LogP contribution in [0.5, 0.6) is 0 Å². The van der Waals surface area contributed by atoms with Crippen LogP contribution in [0.25, 0.3) is 5.69 Å². The van der Waals surface area contributed by atoms with Crippen LogP contribution in [0.4, 0.5) is 11.4 Å². The number of nitrogens with one attached hydrogen (secondary N) is 1. The predicted octanol–water partition coefficient (Wildman–Crippen LogP) is 4.11. The van der Waals surface area contributed by atoms with Gasteiger partial charge in [0.2, 0.25) is 0 Å². The van der Waals surface area contributed by atoms with Gasteiger partial charge < -0.3 is 14.6 Å². The van der Waals surface area contributed by atoms with E-state index in [0.29, 0.717) is 6.61 Å². The van der Waals surface area contributed by atoms with E-state index in [9.17, 15) is 0 Å². The van der Waals surface area contributed by atoms with Crippen LogP contribution >= 0.6 is 0 Å². The van der Waals surface area contributed by atoms with Crippen molar-refractivity contribution in [2.45, 2.75) is 20.0 Å². The van der Waals surface area contributed by atoms with Crippen LogP contribution in [0.2, 0.25) is 0 Å². The molecule has 5 nitrogen and oxygen atoms in total. The van der Waals surface area contributed by atoms with Crippen LogP contribution < -0.4 is 5.32 Å². The van der Waals surface area contributed by atoms with Crippen molar-refractivity contribution in [3.05, 3.63) is 67.0 Å². The monoisotopic (exact) mass is 308 g/mol. The Morgan fingerprint density at radius 1 is 1.22 bits per heavy atom. The lowest BCUT2D eigenvalue weighted by Crippen LogP contribution is -2.02. The SMILES string of the molecule is CCOC(C)c1ccc(Nc2cccc(-n3ccnc3)c2)cn1. The summed E-state index contributed by atoms with van der Waals surface area (Å²) in [5, 5.41) is 3.37. The average molecular weight is 308 g/mol. The Morgan fingerprint density at radius 2 is 2.13 bits per heavy atom. The highest BCUT2D eigenvalue weighted by Crippen LogP contribution is 2.21. The first-order valence-corrected chi connectivity index (χ1v) is 7.69. The summed E-state index contributed by atoms with van der Waals surface area (Å²) in [5.41, 5.74) is 3.94. The molecule has 0 aliphatic carbocycles. The van der Waals surface area contributed by atoms with Crippen LogP contribution in [0, 0.1) is 0 Å². The van der Waals surface area contributed by atoms with Gasteiger partial charge in [-0.05, 0) is 44.2 Å². The molecule has 0 saturated heterocycles.